The summed E-state index contributed by atoms with van der Waals surface area (Å²) in [4.78, 5) is 11.9. The second-order valence-electron chi connectivity index (χ2n) is 3.93. The lowest BCUT2D eigenvalue weighted by Gasteiger charge is -2.05. The van der Waals surface area contributed by atoms with E-state index in [2.05, 4.69) is 15.9 Å². The van der Waals surface area contributed by atoms with Crippen LogP contribution in [0, 0.1) is 17.5 Å². The highest BCUT2D eigenvalue weighted by Gasteiger charge is 2.15. The van der Waals surface area contributed by atoms with Crippen molar-refractivity contribution in [3.05, 3.63) is 69.4 Å². The van der Waals surface area contributed by atoms with Crippen LogP contribution in [0.15, 0.2) is 40.9 Å². The standard InChI is InChI=1S/C14H8BrF3O/c15-10-6-8(4-5-13(10)18)14(19)7-9-11(16)2-1-3-12(9)17/h1-6H,7H2. The lowest BCUT2D eigenvalue weighted by Crippen LogP contribution is -2.07. The highest BCUT2D eigenvalue weighted by Crippen LogP contribution is 2.20. The van der Waals surface area contributed by atoms with Crippen LogP contribution >= 0.6 is 15.9 Å². The van der Waals surface area contributed by atoms with Crippen molar-refractivity contribution in [2.24, 2.45) is 0 Å². The highest BCUT2D eigenvalue weighted by molar-refractivity contribution is 9.10. The van der Waals surface area contributed by atoms with Gasteiger partial charge in [-0.3, -0.25) is 4.79 Å². The van der Waals surface area contributed by atoms with Gasteiger partial charge in [0.05, 0.1) is 4.47 Å². The number of rotatable bonds is 3. The molecule has 0 unspecified atom stereocenters. The maximum absolute atomic E-state index is 13.4. The van der Waals surface area contributed by atoms with Crippen molar-refractivity contribution >= 4 is 21.7 Å². The van der Waals surface area contributed by atoms with Gasteiger partial charge in [-0.2, -0.15) is 0 Å². The Kier molecular flexibility index (Phi) is 4.04. The number of carbonyl (C=O) groups excluding carboxylic acids is 1. The van der Waals surface area contributed by atoms with Crippen LogP contribution in [0.25, 0.3) is 0 Å². The predicted molar refractivity (Wildman–Crippen MR) is 68.5 cm³/mol. The summed E-state index contributed by atoms with van der Waals surface area (Å²) in [6.07, 6.45) is -0.406. The summed E-state index contributed by atoms with van der Waals surface area (Å²) in [5.74, 6) is -2.53. The molecule has 0 aliphatic rings. The molecule has 2 aromatic carbocycles. The van der Waals surface area contributed by atoms with Gasteiger partial charge in [0.2, 0.25) is 0 Å². The van der Waals surface area contributed by atoms with Gasteiger partial charge in [-0.15, -0.1) is 0 Å². The molecule has 0 atom stereocenters. The van der Waals surface area contributed by atoms with Crippen molar-refractivity contribution in [3.63, 3.8) is 0 Å². The summed E-state index contributed by atoms with van der Waals surface area (Å²) in [5, 5.41) is 0. The van der Waals surface area contributed by atoms with Gasteiger partial charge >= 0.3 is 0 Å². The molecule has 0 saturated heterocycles. The third-order valence-electron chi connectivity index (χ3n) is 2.64. The molecule has 5 heteroatoms. The van der Waals surface area contributed by atoms with Crippen molar-refractivity contribution in [1.82, 2.24) is 0 Å². The lowest BCUT2D eigenvalue weighted by molar-refractivity contribution is 0.0990. The molecule has 1 nitrogen and oxygen atoms in total. The summed E-state index contributed by atoms with van der Waals surface area (Å²) < 4.78 is 40.0. The fourth-order valence-electron chi connectivity index (χ4n) is 1.63. The fraction of sp³-hybridized carbons (Fsp3) is 0.0714. The van der Waals surface area contributed by atoms with Crippen molar-refractivity contribution in [2.45, 2.75) is 6.42 Å². The smallest absolute Gasteiger partial charge is 0.167 e. The van der Waals surface area contributed by atoms with E-state index in [4.69, 9.17) is 0 Å². The first-order chi connectivity index (χ1) is 8.99. The van der Waals surface area contributed by atoms with Crippen LogP contribution in [-0.4, -0.2) is 5.78 Å². The van der Waals surface area contributed by atoms with Crippen molar-refractivity contribution in [1.29, 1.82) is 0 Å². The van der Waals surface area contributed by atoms with Gasteiger partial charge in [0.15, 0.2) is 5.78 Å². The van der Waals surface area contributed by atoms with Crippen LogP contribution in [0.2, 0.25) is 0 Å². The number of ketones is 1. The van der Waals surface area contributed by atoms with Gasteiger partial charge in [0.1, 0.15) is 17.5 Å². The zero-order valence-electron chi connectivity index (χ0n) is 9.59. The first kappa shape index (κ1) is 13.8. The zero-order chi connectivity index (χ0) is 14.0. The van der Waals surface area contributed by atoms with E-state index in [1.807, 2.05) is 0 Å². The molecule has 0 N–H and O–H groups in total. The Balaban J connectivity index is 2.28. The Bertz CT molecular complexity index is 620. The number of hydrogen-bond donors (Lipinski definition) is 0. The number of benzene rings is 2. The largest absolute Gasteiger partial charge is 0.294 e. The van der Waals surface area contributed by atoms with E-state index in [1.165, 1.54) is 18.2 Å². The molecule has 98 valence electrons. The quantitative estimate of drug-likeness (QED) is 0.768. The monoisotopic (exact) mass is 328 g/mol. The average molecular weight is 329 g/mol. The molecule has 0 aliphatic carbocycles. The van der Waals surface area contributed by atoms with E-state index in [0.29, 0.717) is 0 Å². The summed E-state index contributed by atoms with van der Waals surface area (Å²) in [6, 6.07) is 7.10. The molecule has 0 bridgehead atoms. The summed E-state index contributed by atoms with van der Waals surface area (Å²) in [6.45, 7) is 0. The Morgan fingerprint density at radius 1 is 1.00 bits per heavy atom. The summed E-state index contributed by atoms with van der Waals surface area (Å²) in [5.41, 5.74) is -0.0936. The van der Waals surface area contributed by atoms with Gasteiger partial charge in [-0.05, 0) is 46.3 Å². The van der Waals surface area contributed by atoms with E-state index in [9.17, 15) is 18.0 Å². The molecule has 0 aliphatic heterocycles. The van der Waals surface area contributed by atoms with Crippen LogP contribution < -0.4 is 0 Å². The van der Waals surface area contributed by atoms with Crippen LogP contribution in [0.4, 0.5) is 13.2 Å². The van der Waals surface area contributed by atoms with E-state index >= 15 is 0 Å². The molecule has 0 heterocycles. The second-order valence-corrected chi connectivity index (χ2v) is 4.78. The number of hydrogen-bond acceptors (Lipinski definition) is 1. The Morgan fingerprint density at radius 2 is 1.63 bits per heavy atom. The highest BCUT2D eigenvalue weighted by atomic mass is 79.9. The SMILES string of the molecule is O=C(Cc1c(F)cccc1F)c1ccc(F)c(Br)c1. The Labute approximate surface area is 116 Å². The second kappa shape index (κ2) is 5.57. The minimum atomic E-state index is -0.769. The minimum Gasteiger partial charge on any atom is -0.294 e. The molecule has 0 aromatic heterocycles. The van der Waals surface area contributed by atoms with Gasteiger partial charge in [0, 0.05) is 17.5 Å². The first-order valence-corrected chi connectivity index (χ1v) is 6.19. The van der Waals surface area contributed by atoms with Crippen molar-refractivity contribution < 1.29 is 18.0 Å². The van der Waals surface area contributed by atoms with Crippen molar-refractivity contribution in [3.8, 4) is 0 Å². The molecule has 0 radical (unpaired) electrons. The van der Waals surface area contributed by atoms with Gasteiger partial charge < -0.3 is 0 Å². The first-order valence-electron chi connectivity index (χ1n) is 5.40. The Morgan fingerprint density at radius 3 is 2.21 bits per heavy atom. The van der Waals surface area contributed by atoms with E-state index < -0.39 is 29.7 Å². The number of carbonyl (C=O) groups is 1. The fourth-order valence-corrected chi connectivity index (χ4v) is 2.01. The van der Waals surface area contributed by atoms with Crippen LogP contribution in [0.1, 0.15) is 15.9 Å². The molecule has 0 spiro atoms. The zero-order valence-corrected chi connectivity index (χ0v) is 11.2. The van der Waals surface area contributed by atoms with Crippen LogP contribution in [0.3, 0.4) is 0 Å². The molecule has 0 fully saturated rings. The van der Waals surface area contributed by atoms with E-state index in [-0.39, 0.29) is 15.6 Å². The number of Topliss-reactive ketones (excluding diaryl/α,β-unsaturated/α-hetero) is 1. The van der Waals surface area contributed by atoms with E-state index in [1.54, 1.807) is 0 Å². The third-order valence-corrected chi connectivity index (χ3v) is 3.25. The molecular weight excluding hydrogens is 321 g/mol. The summed E-state index contributed by atoms with van der Waals surface area (Å²) in [7, 11) is 0. The van der Waals surface area contributed by atoms with Gasteiger partial charge in [-0.1, -0.05) is 6.07 Å². The predicted octanol–water partition coefficient (Wildman–Crippen LogP) is 4.29. The molecule has 0 amide bonds. The molecule has 19 heavy (non-hydrogen) atoms. The van der Waals surface area contributed by atoms with Crippen LogP contribution in [-0.2, 0) is 6.42 Å². The van der Waals surface area contributed by atoms with Gasteiger partial charge in [0.25, 0.3) is 0 Å². The maximum Gasteiger partial charge on any atom is 0.167 e. The molecule has 2 rings (SSSR count). The maximum atomic E-state index is 13.4. The Hall–Kier alpha value is -1.62. The van der Waals surface area contributed by atoms with Gasteiger partial charge in [-0.25, -0.2) is 13.2 Å². The third kappa shape index (κ3) is 3.04. The number of halogens is 4. The normalized spacial score (nSPS) is 10.5. The average Bonchev–Trinajstić information content (AvgIpc) is 2.37. The topological polar surface area (TPSA) is 17.1 Å². The summed E-state index contributed by atoms with van der Waals surface area (Å²) >= 11 is 2.95. The molecular formula is C14H8BrF3O. The minimum absolute atomic E-state index is 0.132. The van der Waals surface area contributed by atoms with Crippen molar-refractivity contribution in [2.75, 3.05) is 0 Å². The van der Waals surface area contributed by atoms with Crippen LogP contribution in [0.5, 0.6) is 0 Å². The molecule has 2 aromatic rings. The lowest BCUT2D eigenvalue weighted by atomic mass is 10.0. The van der Waals surface area contributed by atoms with E-state index in [0.717, 1.165) is 18.2 Å². The molecule has 0 saturated carbocycles.